The second kappa shape index (κ2) is 8.23. The number of carbonyl (C=O) groups excluding carboxylic acids is 1. The van der Waals surface area contributed by atoms with Gasteiger partial charge in [0, 0.05) is 21.8 Å². The summed E-state index contributed by atoms with van der Waals surface area (Å²) in [7, 11) is 0. The van der Waals surface area contributed by atoms with Crippen molar-refractivity contribution in [1.29, 1.82) is 0 Å². The maximum absolute atomic E-state index is 12.8. The first-order valence-electron chi connectivity index (χ1n) is 12.0. The van der Waals surface area contributed by atoms with Crippen LogP contribution in [0.2, 0.25) is 0 Å². The highest BCUT2D eigenvalue weighted by molar-refractivity contribution is 7.18. The lowest BCUT2D eigenvalue weighted by Crippen LogP contribution is -2.48. The maximum atomic E-state index is 12.8. The Labute approximate surface area is 207 Å². The van der Waals surface area contributed by atoms with Gasteiger partial charge in [-0.3, -0.25) is 0 Å². The van der Waals surface area contributed by atoms with Crippen LogP contribution in [0.25, 0.3) is 42.9 Å². The summed E-state index contributed by atoms with van der Waals surface area (Å²) in [4.78, 5) is 33.0. The molecule has 8 heteroatoms. The summed E-state index contributed by atoms with van der Waals surface area (Å²) in [6.45, 7) is 6.76. The Kier molecular flexibility index (Phi) is 5.14. The molecule has 1 unspecified atom stereocenters. The predicted octanol–water partition coefficient (Wildman–Crippen LogP) is 6.48. The average Bonchev–Trinajstić information content (AvgIpc) is 3.61. The fourth-order valence-electron chi connectivity index (χ4n) is 4.76. The SMILES string of the molecule is CC(C)(C)NC(=O)N1CCCC1c1nc2ccc(-c3ccc(-c4ccc5nc[nH]c5c4)s3)cc2[nH]1. The lowest BCUT2D eigenvalue weighted by molar-refractivity contribution is 0.182. The van der Waals surface area contributed by atoms with E-state index in [9.17, 15) is 4.79 Å². The van der Waals surface area contributed by atoms with Gasteiger partial charge in [0.15, 0.2) is 0 Å². The van der Waals surface area contributed by atoms with Crippen molar-refractivity contribution in [2.24, 2.45) is 0 Å². The van der Waals surface area contributed by atoms with Crippen molar-refractivity contribution in [2.45, 2.75) is 45.2 Å². The first kappa shape index (κ1) is 21.9. The number of thiophene rings is 1. The molecule has 7 nitrogen and oxygen atoms in total. The van der Waals surface area contributed by atoms with Crippen LogP contribution in [-0.4, -0.2) is 43.0 Å². The van der Waals surface area contributed by atoms with Gasteiger partial charge >= 0.3 is 6.03 Å². The zero-order chi connectivity index (χ0) is 24.2. The molecule has 0 aliphatic carbocycles. The number of urea groups is 1. The molecule has 35 heavy (non-hydrogen) atoms. The highest BCUT2D eigenvalue weighted by Gasteiger charge is 2.33. The summed E-state index contributed by atoms with van der Waals surface area (Å²) in [6.07, 6.45) is 3.62. The Balaban J connectivity index is 1.27. The van der Waals surface area contributed by atoms with Gasteiger partial charge in [0.2, 0.25) is 0 Å². The number of H-pyrrole nitrogens is 2. The summed E-state index contributed by atoms with van der Waals surface area (Å²) in [6, 6.07) is 16.9. The molecule has 2 aromatic carbocycles. The molecule has 1 aliphatic heterocycles. The Morgan fingerprint density at radius 2 is 1.74 bits per heavy atom. The Morgan fingerprint density at radius 3 is 2.49 bits per heavy atom. The van der Waals surface area contributed by atoms with Crippen LogP contribution >= 0.6 is 11.3 Å². The highest BCUT2D eigenvalue weighted by atomic mass is 32.1. The van der Waals surface area contributed by atoms with Crippen molar-refractivity contribution >= 4 is 39.4 Å². The van der Waals surface area contributed by atoms with Gasteiger partial charge in [-0.25, -0.2) is 14.8 Å². The number of amides is 2. The molecule has 178 valence electrons. The third-order valence-electron chi connectivity index (χ3n) is 6.41. The van der Waals surface area contributed by atoms with Crippen molar-refractivity contribution in [1.82, 2.24) is 30.2 Å². The van der Waals surface area contributed by atoms with Crippen LogP contribution in [0.3, 0.4) is 0 Å². The first-order valence-corrected chi connectivity index (χ1v) is 12.8. The molecule has 0 spiro atoms. The number of rotatable bonds is 3. The van der Waals surface area contributed by atoms with Crippen LogP contribution in [-0.2, 0) is 0 Å². The second-order valence-corrected chi connectivity index (χ2v) is 11.3. The van der Waals surface area contributed by atoms with Gasteiger partial charge in [-0.05, 0) is 81.1 Å². The molecule has 1 fully saturated rings. The molecule has 6 rings (SSSR count). The van der Waals surface area contributed by atoms with E-state index in [-0.39, 0.29) is 17.6 Å². The summed E-state index contributed by atoms with van der Waals surface area (Å²) in [5, 5.41) is 3.09. The third kappa shape index (κ3) is 4.18. The van der Waals surface area contributed by atoms with E-state index in [4.69, 9.17) is 4.98 Å². The zero-order valence-corrected chi connectivity index (χ0v) is 20.9. The number of hydrogen-bond donors (Lipinski definition) is 3. The summed E-state index contributed by atoms with van der Waals surface area (Å²) in [5.41, 5.74) is 6.00. The average molecular weight is 485 g/mol. The summed E-state index contributed by atoms with van der Waals surface area (Å²) >= 11 is 1.77. The van der Waals surface area contributed by atoms with Crippen LogP contribution in [0.1, 0.15) is 45.5 Å². The van der Waals surface area contributed by atoms with E-state index in [1.54, 1.807) is 17.7 Å². The number of hydrogen-bond acceptors (Lipinski definition) is 4. The number of fused-ring (bicyclic) bond motifs is 2. The molecule has 3 N–H and O–H groups in total. The number of carbonyl (C=O) groups is 1. The molecule has 0 radical (unpaired) electrons. The Hall–Kier alpha value is -3.65. The second-order valence-electron chi connectivity index (χ2n) is 10.2. The third-order valence-corrected chi connectivity index (χ3v) is 7.59. The lowest BCUT2D eigenvalue weighted by atomic mass is 10.1. The number of nitrogens with zero attached hydrogens (tertiary/aromatic N) is 3. The van der Waals surface area contributed by atoms with Gasteiger partial charge in [0.1, 0.15) is 5.82 Å². The summed E-state index contributed by atoms with van der Waals surface area (Å²) in [5.74, 6) is 0.860. The van der Waals surface area contributed by atoms with Gasteiger partial charge in [0.25, 0.3) is 0 Å². The van der Waals surface area contributed by atoms with Crippen LogP contribution in [0.4, 0.5) is 4.79 Å². The quantitative estimate of drug-likeness (QED) is 0.274. The minimum Gasteiger partial charge on any atom is -0.345 e. The van der Waals surface area contributed by atoms with E-state index < -0.39 is 0 Å². The molecule has 1 saturated heterocycles. The smallest absolute Gasteiger partial charge is 0.318 e. The largest absolute Gasteiger partial charge is 0.345 e. The van der Waals surface area contributed by atoms with Crippen molar-refractivity contribution in [3.05, 3.63) is 60.7 Å². The molecular weight excluding hydrogens is 456 g/mol. The molecule has 1 atom stereocenters. The fraction of sp³-hybridized carbons (Fsp3) is 0.296. The van der Waals surface area contributed by atoms with Gasteiger partial charge in [-0.1, -0.05) is 12.1 Å². The van der Waals surface area contributed by atoms with E-state index in [1.165, 1.54) is 15.3 Å². The molecule has 0 saturated carbocycles. The van der Waals surface area contributed by atoms with E-state index in [0.717, 1.165) is 52.8 Å². The van der Waals surface area contributed by atoms with Crippen molar-refractivity contribution in [3.63, 3.8) is 0 Å². The fourth-order valence-corrected chi connectivity index (χ4v) is 5.76. The Bertz CT molecular complexity index is 1540. The predicted molar refractivity (Wildman–Crippen MR) is 141 cm³/mol. The topological polar surface area (TPSA) is 89.7 Å². The van der Waals surface area contributed by atoms with E-state index in [1.807, 2.05) is 31.7 Å². The van der Waals surface area contributed by atoms with Gasteiger partial charge < -0.3 is 20.2 Å². The van der Waals surface area contributed by atoms with Gasteiger partial charge in [-0.15, -0.1) is 11.3 Å². The molecule has 1 aliphatic rings. The van der Waals surface area contributed by atoms with E-state index in [2.05, 4.69) is 62.7 Å². The molecule has 3 aromatic heterocycles. The van der Waals surface area contributed by atoms with Crippen LogP contribution in [0, 0.1) is 0 Å². The lowest BCUT2D eigenvalue weighted by Gasteiger charge is -2.28. The van der Waals surface area contributed by atoms with Gasteiger partial charge in [-0.2, -0.15) is 0 Å². The monoisotopic (exact) mass is 484 g/mol. The first-order chi connectivity index (χ1) is 16.8. The van der Waals surface area contributed by atoms with Crippen molar-refractivity contribution in [3.8, 4) is 20.9 Å². The minimum atomic E-state index is -0.267. The molecule has 0 bridgehead atoms. The molecular formula is C27H28N6OS. The standard InChI is InChI=1S/C27H28N6OS/c1-27(2,3)32-26(34)33-12-4-5-22(33)25-30-19-9-7-17(14-21(19)31-25)24-11-10-23(35-24)16-6-8-18-20(13-16)29-15-28-18/h6-11,13-15,22H,4-5,12H2,1-3H3,(H,28,29)(H,30,31)(H,32,34). The molecule has 4 heterocycles. The van der Waals surface area contributed by atoms with Gasteiger partial charge in [0.05, 0.1) is 34.4 Å². The number of nitrogens with one attached hydrogen (secondary N) is 3. The maximum Gasteiger partial charge on any atom is 0.318 e. The van der Waals surface area contributed by atoms with Crippen LogP contribution in [0.15, 0.2) is 54.9 Å². The highest BCUT2D eigenvalue weighted by Crippen LogP contribution is 2.37. The minimum absolute atomic E-state index is 0.0272. The van der Waals surface area contributed by atoms with E-state index >= 15 is 0 Å². The molecule has 5 aromatic rings. The summed E-state index contributed by atoms with van der Waals surface area (Å²) < 4.78 is 0. The van der Waals surface area contributed by atoms with E-state index in [0.29, 0.717) is 0 Å². The van der Waals surface area contributed by atoms with Crippen molar-refractivity contribution < 1.29 is 4.79 Å². The Morgan fingerprint density at radius 1 is 1.03 bits per heavy atom. The van der Waals surface area contributed by atoms with Crippen LogP contribution < -0.4 is 5.32 Å². The number of aromatic amines is 2. The van der Waals surface area contributed by atoms with Crippen LogP contribution in [0.5, 0.6) is 0 Å². The number of likely N-dealkylation sites (tertiary alicyclic amines) is 1. The number of benzene rings is 2. The zero-order valence-electron chi connectivity index (χ0n) is 20.1. The molecule has 2 amide bonds. The van der Waals surface area contributed by atoms with Crippen molar-refractivity contribution in [2.75, 3.05) is 6.54 Å². The number of imidazole rings is 2. The normalized spacial score (nSPS) is 16.4. The number of aromatic nitrogens is 4.